The van der Waals surface area contributed by atoms with E-state index in [9.17, 15) is 9.59 Å². The minimum atomic E-state index is -0.497. The molecule has 2 amide bonds. The van der Waals surface area contributed by atoms with Gasteiger partial charge in [0.1, 0.15) is 6.04 Å². The van der Waals surface area contributed by atoms with Gasteiger partial charge in [-0.3, -0.25) is 9.59 Å². The Kier molecular flexibility index (Phi) is 5.21. The summed E-state index contributed by atoms with van der Waals surface area (Å²) in [6.45, 7) is 2.44. The highest BCUT2D eigenvalue weighted by molar-refractivity contribution is 5.86. The van der Waals surface area contributed by atoms with E-state index in [1.807, 2.05) is 25.1 Å². The molecular formula is C18H22N2O2. The van der Waals surface area contributed by atoms with Crippen LogP contribution in [0.3, 0.4) is 0 Å². The molecule has 2 rings (SSSR count). The summed E-state index contributed by atoms with van der Waals surface area (Å²) in [5.74, 6) is 2.52. The van der Waals surface area contributed by atoms with Crippen LogP contribution < -0.4 is 5.73 Å². The Hall–Kier alpha value is -2.28. The molecule has 1 aliphatic rings. The van der Waals surface area contributed by atoms with E-state index < -0.39 is 11.9 Å². The maximum Gasteiger partial charge on any atom is 0.240 e. The topological polar surface area (TPSA) is 63.4 Å². The van der Waals surface area contributed by atoms with Crippen LogP contribution >= 0.6 is 0 Å². The minimum Gasteiger partial charge on any atom is -0.368 e. The number of primary amides is 1. The van der Waals surface area contributed by atoms with Crippen molar-refractivity contribution >= 4 is 11.8 Å². The molecule has 2 N–H and O–H groups in total. The van der Waals surface area contributed by atoms with Crippen LogP contribution in [0.1, 0.15) is 49.7 Å². The number of nitrogens with zero attached hydrogens (tertiary/aromatic N) is 1. The quantitative estimate of drug-likeness (QED) is 0.864. The Bertz CT molecular complexity index is 603. The molecule has 22 heavy (non-hydrogen) atoms. The van der Waals surface area contributed by atoms with Gasteiger partial charge in [0, 0.05) is 18.5 Å². The summed E-state index contributed by atoms with van der Waals surface area (Å²) in [6.07, 6.45) is 8.04. The van der Waals surface area contributed by atoms with Crippen molar-refractivity contribution in [1.82, 2.24) is 4.90 Å². The van der Waals surface area contributed by atoms with Gasteiger partial charge in [-0.25, -0.2) is 0 Å². The molecule has 2 unspecified atom stereocenters. The number of hydrogen-bond donors (Lipinski definition) is 1. The van der Waals surface area contributed by atoms with Gasteiger partial charge in [-0.15, -0.1) is 6.42 Å². The molecule has 1 aromatic carbocycles. The maximum absolute atomic E-state index is 12.3. The van der Waals surface area contributed by atoms with Crippen molar-refractivity contribution in [2.45, 2.75) is 44.6 Å². The van der Waals surface area contributed by atoms with E-state index in [1.54, 1.807) is 4.90 Å². The highest BCUT2D eigenvalue weighted by Crippen LogP contribution is 2.30. The molecule has 0 saturated carbocycles. The summed E-state index contributed by atoms with van der Waals surface area (Å²) in [5, 5.41) is 0. The van der Waals surface area contributed by atoms with Crippen LogP contribution in [0.2, 0.25) is 0 Å². The zero-order chi connectivity index (χ0) is 16.1. The number of hydrogen-bond acceptors (Lipinski definition) is 2. The lowest BCUT2D eigenvalue weighted by molar-refractivity contribution is -0.139. The van der Waals surface area contributed by atoms with Crippen LogP contribution in [-0.4, -0.2) is 29.3 Å². The number of carbonyl (C=O) groups excluding carboxylic acids is 2. The molecule has 1 fully saturated rings. The van der Waals surface area contributed by atoms with Gasteiger partial charge < -0.3 is 10.6 Å². The lowest BCUT2D eigenvalue weighted by Gasteiger charge is -2.27. The van der Waals surface area contributed by atoms with Crippen LogP contribution in [0.4, 0.5) is 0 Å². The number of nitrogens with two attached hydrogens (primary N) is 1. The number of likely N-dealkylation sites (tertiary alicyclic amines) is 1. The molecule has 4 heteroatoms. The normalized spacial score (nSPS) is 20.1. The van der Waals surface area contributed by atoms with E-state index in [-0.39, 0.29) is 11.8 Å². The first-order valence-electron chi connectivity index (χ1n) is 7.72. The zero-order valence-electron chi connectivity index (χ0n) is 12.9. The summed E-state index contributed by atoms with van der Waals surface area (Å²) in [6, 6.07) is 7.42. The molecular weight excluding hydrogens is 276 g/mol. The van der Waals surface area contributed by atoms with Crippen molar-refractivity contribution in [2.24, 2.45) is 5.73 Å². The Morgan fingerprint density at radius 3 is 2.91 bits per heavy atom. The summed E-state index contributed by atoms with van der Waals surface area (Å²) < 4.78 is 0. The van der Waals surface area contributed by atoms with Gasteiger partial charge >= 0.3 is 0 Å². The van der Waals surface area contributed by atoms with Crippen LogP contribution in [0, 0.1) is 12.3 Å². The molecule has 0 radical (unpaired) electrons. The van der Waals surface area contributed by atoms with Crippen molar-refractivity contribution in [3.05, 3.63) is 35.4 Å². The molecule has 1 aromatic rings. The Balaban J connectivity index is 2.16. The third-order valence-electron chi connectivity index (χ3n) is 4.36. The number of benzene rings is 1. The zero-order valence-corrected chi connectivity index (χ0v) is 12.9. The van der Waals surface area contributed by atoms with E-state index >= 15 is 0 Å². The van der Waals surface area contributed by atoms with E-state index in [0.717, 1.165) is 24.0 Å². The standard InChI is InChI=1S/C18H22N2O2/c1-3-13-6-5-7-15(12-13)14-8-9-17(21)20(11-10-14)16(4-2)18(19)22/h1,5-7,12,14,16H,4,8-11H2,2H3,(H2,19,22). The summed E-state index contributed by atoms with van der Waals surface area (Å²) in [5.41, 5.74) is 7.44. The fourth-order valence-corrected chi connectivity index (χ4v) is 3.13. The summed E-state index contributed by atoms with van der Waals surface area (Å²) in [7, 11) is 0. The van der Waals surface area contributed by atoms with E-state index in [0.29, 0.717) is 19.4 Å². The van der Waals surface area contributed by atoms with Gasteiger partial charge in [0.25, 0.3) is 0 Å². The van der Waals surface area contributed by atoms with E-state index in [2.05, 4.69) is 12.0 Å². The van der Waals surface area contributed by atoms with Crippen LogP contribution in [-0.2, 0) is 9.59 Å². The van der Waals surface area contributed by atoms with Gasteiger partial charge in [-0.05, 0) is 42.9 Å². The van der Waals surface area contributed by atoms with E-state index in [4.69, 9.17) is 12.2 Å². The number of terminal acetylenes is 1. The first-order valence-corrected chi connectivity index (χ1v) is 7.72. The lowest BCUT2D eigenvalue weighted by Crippen LogP contribution is -2.47. The molecule has 0 aromatic heterocycles. The van der Waals surface area contributed by atoms with Crippen molar-refractivity contribution in [2.75, 3.05) is 6.54 Å². The molecule has 1 aliphatic heterocycles. The van der Waals surface area contributed by atoms with Gasteiger partial charge in [0.15, 0.2) is 0 Å². The summed E-state index contributed by atoms with van der Waals surface area (Å²) in [4.78, 5) is 25.5. The highest BCUT2D eigenvalue weighted by atomic mass is 16.2. The molecule has 1 heterocycles. The minimum absolute atomic E-state index is 0.0151. The van der Waals surface area contributed by atoms with Crippen molar-refractivity contribution in [3.8, 4) is 12.3 Å². The third kappa shape index (κ3) is 3.48. The first-order chi connectivity index (χ1) is 10.6. The molecule has 4 nitrogen and oxygen atoms in total. The molecule has 2 atom stereocenters. The van der Waals surface area contributed by atoms with Gasteiger partial charge in [-0.1, -0.05) is 25.0 Å². The Morgan fingerprint density at radius 1 is 1.50 bits per heavy atom. The second-order valence-corrected chi connectivity index (χ2v) is 5.71. The Labute approximate surface area is 131 Å². The van der Waals surface area contributed by atoms with Crippen LogP contribution in [0.5, 0.6) is 0 Å². The van der Waals surface area contributed by atoms with E-state index in [1.165, 1.54) is 0 Å². The molecule has 116 valence electrons. The number of amides is 2. The average Bonchev–Trinajstić information content (AvgIpc) is 2.71. The molecule has 1 saturated heterocycles. The van der Waals surface area contributed by atoms with Crippen LogP contribution in [0.15, 0.2) is 24.3 Å². The van der Waals surface area contributed by atoms with Crippen molar-refractivity contribution < 1.29 is 9.59 Å². The predicted octanol–water partition coefficient (Wildman–Crippen LogP) is 2.03. The summed E-state index contributed by atoms with van der Waals surface area (Å²) >= 11 is 0. The number of carbonyl (C=O) groups is 2. The molecule has 0 spiro atoms. The largest absolute Gasteiger partial charge is 0.368 e. The van der Waals surface area contributed by atoms with Gasteiger partial charge in [-0.2, -0.15) is 0 Å². The molecule has 0 bridgehead atoms. The van der Waals surface area contributed by atoms with Crippen molar-refractivity contribution in [1.29, 1.82) is 0 Å². The predicted molar refractivity (Wildman–Crippen MR) is 86.0 cm³/mol. The Morgan fingerprint density at radius 2 is 2.27 bits per heavy atom. The second-order valence-electron chi connectivity index (χ2n) is 5.71. The second kappa shape index (κ2) is 7.13. The van der Waals surface area contributed by atoms with Gasteiger partial charge in [0.05, 0.1) is 0 Å². The molecule has 0 aliphatic carbocycles. The maximum atomic E-state index is 12.3. The van der Waals surface area contributed by atoms with Crippen LogP contribution in [0.25, 0.3) is 0 Å². The first kappa shape index (κ1) is 16.1. The average molecular weight is 298 g/mol. The lowest BCUT2D eigenvalue weighted by atomic mass is 9.91. The third-order valence-corrected chi connectivity index (χ3v) is 4.36. The van der Waals surface area contributed by atoms with Gasteiger partial charge in [0.2, 0.25) is 11.8 Å². The fraction of sp³-hybridized carbons (Fsp3) is 0.444. The fourth-order valence-electron chi connectivity index (χ4n) is 3.13. The number of rotatable bonds is 4. The highest BCUT2D eigenvalue weighted by Gasteiger charge is 2.30. The monoisotopic (exact) mass is 298 g/mol. The van der Waals surface area contributed by atoms with Crippen molar-refractivity contribution in [3.63, 3.8) is 0 Å². The smallest absolute Gasteiger partial charge is 0.240 e. The SMILES string of the molecule is C#Cc1cccc(C2CCC(=O)N(C(CC)C(N)=O)CC2)c1.